The van der Waals surface area contributed by atoms with E-state index < -0.39 is 0 Å². The SMILES string of the molecule is CNC(c1scnc1C)c1c(Br)cnn1CCN(C)C. The van der Waals surface area contributed by atoms with Crippen molar-refractivity contribution in [2.24, 2.45) is 0 Å². The number of likely N-dealkylation sites (N-methyl/N-ethyl adjacent to an activating group) is 1. The third-order valence-electron chi connectivity index (χ3n) is 3.20. The van der Waals surface area contributed by atoms with Gasteiger partial charge in [-0.2, -0.15) is 5.10 Å². The molecular formula is C13H20BrN5S. The van der Waals surface area contributed by atoms with Crippen LogP contribution in [0, 0.1) is 6.92 Å². The first kappa shape index (κ1) is 15.6. The van der Waals surface area contributed by atoms with Gasteiger partial charge in [-0.25, -0.2) is 4.98 Å². The smallest absolute Gasteiger partial charge is 0.0869 e. The van der Waals surface area contributed by atoms with E-state index in [1.165, 1.54) is 4.88 Å². The number of aromatic nitrogens is 3. The van der Waals surface area contributed by atoms with E-state index in [0.29, 0.717) is 0 Å². The number of rotatable bonds is 6. The monoisotopic (exact) mass is 357 g/mol. The minimum atomic E-state index is 0.113. The summed E-state index contributed by atoms with van der Waals surface area (Å²) in [7, 11) is 6.11. The highest BCUT2D eigenvalue weighted by Crippen LogP contribution is 2.32. The van der Waals surface area contributed by atoms with Crippen LogP contribution >= 0.6 is 27.3 Å². The third-order valence-corrected chi connectivity index (χ3v) is 4.81. The van der Waals surface area contributed by atoms with Crippen molar-refractivity contribution < 1.29 is 0 Å². The number of hydrogen-bond acceptors (Lipinski definition) is 5. The van der Waals surface area contributed by atoms with Crippen LogP contribution in [0.1, 0.15) is 22.3 Å². The Morgan fingerprint density at radius 1 is 1.50 bits per heavy atom. The van der Waals surface area contributed by atoms with Gasteiger partial charge < -0.3 is 10.2 Å². The molecule has 1 N–H and O–H groups in total. The molecule has 2 aromatic rings. The summed E-state index contributed by atoms with van der Waals surface area (Å²) in [6.45, 7) is 3.87. The molecule has 20 heavy (non-hydrogen) atoms. The largest absolute Gasteiger partial charge is 0.308 e. The van der Waals surface area contributed by atoms with Crippen LogP contribution in [-0.4, -0.2) is 47.4 Å². The fourth-order valence-electron chi connectivity index (χ4n) is 2.11. The molecule has 110 valence electrons. The van der Waals surface area contributed by atoms with Crippen molar-refractivity contribution in [2.75, 3.05) is 27.7 Å². The average Bonchev–Trinajstić information content (AvgIpc) is 2.97. The Morgan fingerprint density at radius 2 is 2.25 bits per heavy atom. The maximum atomic E-state index is 4.48. The molecule has 0 bridgehead atoms. The summed E-state index contributed by atoms with van der Waals surface area (Å²) >= 11 is 5.30. The summed E-state index contributed by atoms with van der Waals surface area (Å²) in [4.78, 5) is 7.75. The van der Waals surface area contributed by atoms with Gasteiger partial charge >= 0.3 is 0 Å². The van der Waals surface area contributed by atoms with Crippen molar-refractivity contribution in [1.82, 2.24) is 25.0 Å². The zero-order valence-electron chi connectivity index (χ0n) is 12.2. The fraction of sp³-hybridized carbons (Fsp3) is 0.538. The molecule has 2 rings (SSSR count). The summed E-state index contributed by atoms with van der Waals surface area (Å²) in [5.41, 5.74) is 4.12. The second-order valence-electron chi connectivity index (χ2n) is 4.93. The van der Waals surface area contributed by atoms with Gasteiger partial charge in [-0.1, -0.05) is 0 Å². The number of halogens is 1. The minimum Gasteiger partial charge on any atom is -0.308 e. The molecule has 0 saturated carbocycles. The van der Waals surface area contributed by atoms with Gasteiger partial charge in [0.1, 0.15) is 0 Å². The molecule has 0 aliphatic rings. The molecule has 0 aliphatic heterocycles. The van der Waals surface area contributed by atoms with Gasteiger partial charge in [0.2, 0.25) is 0 Å². The number of nitrogens with zero attached hydrogens (tertiary/aromatic N) is 4. The highest BCUT2D eigenvalue weighted by atomic mass is 79.9. The number of nitrogens with one attached hydrogen (secondary N) is 1. The van der Waals surface area contributed by atoms with Crippen molar-refractivity contribution in [3.63, 3.8) is 0 Å². The number of hydrogen-bond donors (Lipinski definition) is 1. The average molecular weight is 358 g/mol. The molecule has 7 heteroatoms. The molecule has 0 spiro atoms. The molecule has 0 saturated heterocycles. The van der Waals surface area contributed by atoms with E-state index in [4.69, 9.17) is 0 Å². The van der Waals surface area contributed by atoms with Crippen LogP contribution in [0.3, 0.4) is 0 Å². The van der Waals surface area contributed by atoms with Gasteiger partial charge in [-0.15, -0.1) is 11.3 Å². The number of thiazole rings is 1. The third kappa shape index (κ3) is 3.28. The molecule has 0 amide bonds. The predicted octanol–water partition coefficient (Wildman–Crippen LogP) is 2.28. The first-order chi connectivity index (χ1) is 9.54. The van der Waals surface area contributed by atoms with Crippen LogP contribution in [0.2, 0.25) is 0 Å². The van der Waals surface area contributed by atoms with E-state index in [1.807, 2.05) is 25.7 Å². The number of aryl methyl sites for hydroxylation is 1. The zero-order chi connectivity index (χ0) is 14.7. The highest BCUT2D eigenvalue weighted by molar-refractivity contribution is 9.10. The summed E-state index contributed by atoms with van der Waals surface area (Å²) in [5, 5.41) is 7.87. The molecule has 0 aromatic carbocycles. The molecule has 1 atom stereocenters. The first-order valence-corrected chi connectivity index (χ1v) is 8.15. The lowest BCUT2D eigenvalue weighted by atomic mass is 10.1. The molecular weight excluding hydrogens is 338 g/mol. The second-order valence-corrected chi connectivity index (χ2v) is 6.67. The van der Waals surface area contributed by atoms with E-state index in [9.17, 15) is 0 Å². The summed E-state index contributed by atoms with van der Waals surface area (Å²) in [6, 6.07) is 0.113. The minimum absolute atomic E-state index is 0.113. The van der Waals surface area contributed by atoms with Gasteiger partial charge in [0.25, 0.3) is 0 Å². The standard InChI is InChI=1S/C13H20BrN5S/c1-9-13(20-8-16-9)11(15-2)12-10(14)7-17-19(12)6-5-18(3)4/h7-8,11,15H,5-6H2,1-4H3. The second kappa shape index (κ2) is 6.80. The van der Waals surface area contributed by atoms with Gasteiger partial charge in [0.05, 0.1) is 45.0 Å². The van der Waals surface area contributed by atoms with Crippen LogP contribution < -0.4 is 5.32 Å². The van der Waals surface area contributed by atoms with Gasteiger partial charge in [-0.05, 0) is 44.0 Å². The molecule has 1 unspecified atom stereocenters. The maximum Gasteiger partial charge on any atom is 0.0869 e. The summed E-state index contributed by atoms with van der Waals surface area (Å²) in [6.07, 6.45) is 1.87. The molecule has 0 radical (unpaired) electrons. The Hall–Kier alpha value is -0.760. The van der Waals surface area contributed by atoms with Crippen LogP contribution in [0.4, 0.5) is 0 Å². The summed E-state index contributed by atoms with van der Waals surface area (Å²) in [5.74, 6) is 0. The van der Waals surface area contributed by atoms with Gasteiger partial charge in [-0.3, -0.25) is 4.68 Å². The maximum absolute atomic E-state index is 4.48. The molecule has 2 aromatic heterocycles. The van der Waals surface area contributed by atoms with E-state index in [-0.39, 0.29) is 6.04 Å². The Kier molecular flexibility index (Phi) is 5.31. The van der Waals surface area contributed by atoms with Crippen molar-refractivity contribution in [2.45, 2.75) is 19.5 Å². The van der Waals surface area contributed by atoms with Crippen LogP contribution in [0.15, 0.2) is 16.2 Å². The van der Waals surface area contributed by atoms with E-state index in [0.717, 1.165) is 29.0 Å². The van der Waals surface area contributed by atoms with Crippen molar-refractivity contribution in [3.05, 3.63) is 32.4 Å². The van der Waals surface area contributed by atoms with Crippen LogP contribution in [0.5, 0.6) is 0 Å². The summed E-state index contributed by atoms with van der Waals surface area (Å²) < 4.78 is 3.09. The fourth-order valence-corrected chi connectivity index (χ4v) is 3.55. The lowest BCUT2D eigenvalue weighted by molar-refractivity contribution is 0.366. The van der Waals surface area contributed by atoms with Crippen molar-refractivity contribution in [1.29, 1.82) is 0 Å². The van der Waals surface area contributed by atoms with Crippen LogP contribution in [-0.2, 0) is 6.54 Å². The Bertz CT molecular complexity index is 563. The topological polar surface area (TPSA) is 46.0 Å². The van der Waals surface area contributed by atoms with E-state index in [2.05, 4.69) is 55.0 Å². The Morgan fingerprint density at radius 3 is 2.80 bits per heavy atom. The molecule has 0 aliphatic carbocycles. The highest BCUT2D eigenvalue weighted by Gasteiger charge is 2.23. The van der Waals surface area contributed by atoms with Gasteiger partial charge in [0, 0.05) is 6.54 Å². The lowest BCUT2D eigenvalue weighted by Gasteiger charge is -2.19. The quantitative estimate of drug-likeness (QED) is 0.861. The molecule has 2 heterocycles. The first-order valence-electron chi connectivity index (χ1n) is 6.47. The normalized spacial score (nSPS) is 13.1. The van der Waals surface area contributed by atoms with E-state index >= 15 is 0 Å². The lowest BCUT2D eigenvalue weighted by Crippen LogP contribution is -2.25. The van der Waals surface area contributed by atoms with Crippen molar-refractivity contribution in [3.8, 4) is 0 Å². The van der Waals surface area contributed by atoms with Crippen molar-refractivity contribution >= 4 is 27.3 Å². The predicted molar refractivity (Wildman–Crippen MR) is 86.2 cm³/mol. The van der Waals surface area contributed by atoms with Gasteiger partial charge in [0.15, 0.2) is 0 Å². The van der Waals surface area contributed by atoms with Crippen LogP contribution in [0.25, 0.3) is 0 Å². The molecule has 0 fully saturated rings. The zero-order valence-corrected chi connectivity index (χ0v) is 14.6. The van der Waals surface area contributed by atoms with E-state index in [1.54, 1.807) is 11.3 Å². The Labute approximate surface area is 132 Å². The molecule has 5 nitrogen and oxygen atoms in total. The Balaban J connectivity index is 2.34.